The molecule has 0 aliphatic carbocycles. The molecule has 4 aromatic carbocycles. The van der Waals surface area contributed by atoms with Gasteiger partial charge >= 0.3 is 0 Å². The minimum Gasteiger partial charge on any atom is -0.494 e. The van der Waals surface area contributed by atoms with Crippen molar-refractivity contribution in [1.29, 1.82) is 0 Å². The molecule has 0 bridgehead atoms. The van der Waals surface area contributed by atoms with Crippen LogP contribution in [0.5, 0.6) is 5.75 Å². The lowest BCUT2D eigenvalue weighted by Crippen LogP contribution is -2.10. The molecule has 0 saturated carbocycles. The second-order valence-corrected chi connectivity index (χ2v) is 7.62. The number of hydrazone groups is 1. The SMILES string of the molecule is CCOc1ccc(-c2n[nH]c(=S)n2NN=Cc2c3ccccc3cc3ccccc23)cc1. The number of fused-ring (bicyclic) bond motifs is 2. The smallest absolute Gasteiger partial charge is 0.216 e. The van der Waals surface area contributed by atoms with Crippen LogP contribution >= 0.6 is 12.2 Å². The Balaban J connectivity index is 1.51. The average Bonchev–Trinajstić information content (AvgIpc) is 3.19. The van der Waals surface area contributed by atoms with Gasteiger partial charge in [0.25, 0.3) is 0 Å². The summed E-state index contributed by atoms with van der Waals surface area (Å²) >= 11 is 5.41. The molecule has 1 aromatic heterocycles. The Morgan fingerprint density at radius 1 is 1.00 bits per heavy atom. The third-order valence-corrected chi connectivity index (χ3v) is 5.53. The molecule has 1 heterocycles. The first-order chi connectivity index (χ1) is 15.7. The second-order valence-electron chi connectivity index (χ2n) is 7.24. The van der Waals surface area contributed by atoms with Crippen LogP contribution in [-0.2, 0) is 0 Å². The maximum atomic E-state index is 5.52. The summed E-state index contributed by atoms with van der Waals surface area (Å²) in [5.74, 6) is 1.45. The molecule has 5 aromatic rings. The standard InChI is InChI=1S/C25H21N5OS/c1-2-31-20-13-11-17(12-14-20)24-27-28-25(32)30(24)29-26-16-23-21-9-5-3-7-18(21)15-19-8-4-6-10-22(19)23/h3-16,29H,2H2,1H3,(H,28,32). The number of rotatable bonds is 6. The average molecular weight is 440 g/mol. The molecular weight excluding hydrogens is 418 g/mol. The molecule has 0 aliphatic rings. The molecule has 0 unspecified atom stereocenters. The van der Waals surface area contributed by atoms with Gasteiger partial charge in [-0.15, -0.1) is 0 Å². The fourth-order valence-electron chi connectivity index (χ4n) is 3.79. The van der Waals surface area contributed by atoms with Gasteiger partial charge in [-0.25, -0.2) is 10.6 Å². The van der Waals surface area contributed by atoms with Crippen molar-refractivity contribution in [3.63, 3.8) is 0 Å². The summed E-state index contributed by atoms with van der Waals surface area (Å²) in [4.78, 5) is 0. The summed E-state index contributed by atoms with van der Waals surface area (Å²) in [6.45, 7) is 2.58. The van der Waals surface area contributed by atoms with Crippen LogP contribution in [0.3, 0.4) is 0 Å². The highest BCUT2D eigenvalue weighted by Gasteiger charge is 2.09. The van der Waals surface area contributed by atoms with Gasteiger partial charge in [-0.2, -0.15) is 14.9 Å². The third-order valence-electron chi connectivity index (χ3n) is 5.26. The molecule has 0 amide bonds. The highest BCUT2D eigenvalue weighted by atomic mass is 32.1. The quantitative estimate of drug-likeness (QED) is 0.150. The molecule has 5 rings (SSSR count). The van der Waals surface area contributed by atoms with Gasteiger partial charge in [-0.1, -0.05) is 48.5 Å². The predicted molar refractivity (Wildman–Crippen MR) is 132 cm³/mol. The highest BCUT2D eigenvalue weighted by Crippen LogP contribution is 2.27. The zero-order valence-electron chi connectivity index (χ0n) is 17.4. The van der Waals surface area contributed by atoms with E-state index in [4.69, 9.17) is 17.0 Å². The molecule has 0 atom stereocenters. The zero-order valence-corrected chi connectivity index (χ0v) is 18.3. The van der Waals surface area contributed by atoms with E-state index in [9.17, 15) is 0 Å². The Kier molecular flexibility index (Phi) is 5.39. The maximum absolute atomic E-state index is 5.52. The number of nitrogens with zero attached hydrogens (tertiary/aromatic N) is 3. The van der Waals surface area contributed by atoms with Crippen molar-refractivity contribution in [2.75, 3.05) is 12.1 Å². The minimum atomic E-state index is 0.425. The van der Waals surface area contributed by atoms with E-state index < -0.39 is 0 Å². The van der Waals surface area contributed by atoms with Crippen molar-refractivity contribution in [1.82, 2.24) is 14.9 Å². The van der Waals surface area contributed by atoms with Crippen molar-refractivity contribution in [3.8, 4) is 17.1 Å². The lowest BCUT2D eigenvalue weighted by Gasteiger charge is -2.09. The maximum Gasteiger partial charge on any atom is 0.216 e. The number of H-pyrrole nitrogens is 1. The zero-order chi connectivity index (χ0) is 21.9. The molecule has 158 valence electrons. The Morgan fingerprint density at radius 2 is 1.66 bits per heavy atom. The molecular formula is C25H21N5OS. The first-order valence-electron chi connectivity index (χ1n) is 10.3. The van der Waals surface area contributed by atoms with Crippen molar-refractivity contribution in [2.45, 2.75) is 6.92 Å². The van der Waals surface area contributed by atoms with E-state index in [0.29, 0.717) is 17.2 Å². The molecule has 0 radical (unpaired) electrons. The largest absolute Gasteiger partial charge is 0.494 e. The van der Waals surface area contributed by atoms with Gasteiger partial charge in [0.05, 0.1) is 12.8 Å². The first kappa shape index (κ1) is 20.0. The Labute approximate surface area is 190 Å². The van der Waals surface area contributed by atoms with E-state index in [0.717, 1.165) is 27.6 Å². The van der Waals surface area contributed by atoms with Crippen LogP contribution in [0.25, 0.3) is 32.9 Å². The van der Waals surface area contributed by atoms with Crippen LogP contribution in [0.1, 0.15) is 12.5 Å². The van der Waals surface area contributed by atoms with Gasteiger partial charge in [0.15, 0.2) is 5.82 Å². The van der Waals surface area contributed by atoms with Crippen molar-refractivity contribution < 1.29 is 4.74 Å². The fourth-order valence-corrected chi connectivity index (χ4v) is 3.96. The van der Waals surface area contributed by atoms with Crippen LogP contribution in [0, 0.1) is 4.77 Å². The van der Waals surface area contributed by atoms with Gasteiger partial charge < -0.3 is 4.74 Å². The third kappa shape index (κ3) is 3.74. The van der Waals surface area contributed by atoms with Gasteiger partial charge in [0, 0.05) is 11.1 Å². The Morgan fingerprint density at radius 3 is 2.31 bits per heavy atom. The summed E-state index contributed by atoms with van der Waals surface area (Å²) < 4.78 is 7.59. The normalized spacial score (nSPS) is 11.4. The molecule has 7 heteroatoms. The fraction of sp³-hybridized carbons (Fsp3) is 0.0800. The van der Waals surface area contributed by atoms with Gasteiger partial charge in [0.2, 0.25) is 4.77 Å². The van der Waals surface area contributed by atoms with E-state index >= 15 is 0 Å². The Hall–Kier alpha value is -3.97. The monoisotopic (exact) mass is 439 g/mol. The number of aromatic amines is 1. The number of hydrogen-bond donors (Lipinski definition) is 2. The molecule has 0 aliphatic heterocycles. The van der Waals surface area contributed by atoms with Crippen LogP contribution < -0.4 is 10.3 Å². The summed E-state index contributed by atoms with van der Waals surface area (Å²) in [6.07, 6.45) is 1.83. The Bertz CT molecular complexity index is 1430. The van der Waals surface area contributed by atoms with Crippen LogP contribution in [-0.4, -0.2) is 27.7 Å². The highest BCUT2D eigenvalue weighted by molar-refractivity contribution is 7.71. The van der Waals surface area contributed by atoms with Crippen molar-refractivity contribution in [3.05, 3.63) is 89.2 Å². The summed E-state index contributed by atoms with van der Waals surface area (Å²) in [6, 6.07) is 26.5. The van der Waals surface area contributed by atoms with E-state index in [2.05, 4.69) is 51.2 Å². The minimum absolute atomic E-state index is 0.425. The second kappa shape index (κ2) is 8.64. The van der Waals surface area contributed by atoms with E-state index in [1.165, 1.54) is 10.8 Å². The van der Waals surface area contributed by atoms with Crippen molar-refractivity contribution >= 4 is 40.0 Å². The molecule has 2 N–H and O–H groups in total. The van der Waals surface area contributed by atoms with Crippen LogP contribution in [0.15, 0.2) is 84.0 Å². The van der Waals surface area contributed by atoms with Crippen LogP contribution in [0.4, 0.5) is 0 Å². The van der Waals surface area contributed by atoms with Crippen molar-refractivity contribution in [2.24, 2.45) is 5.10 Å². The lowest BCUT2D eigenvalue weighted by atomic mass is 9.97. The van der Waals surface area contributed by atoms with Gasteiger partial charge in [-0.05, 0) is 71.0 Å². The molecule has 0 spiro atoms. The summed E-state index contributed by atoms with van der Waals surface area (Å²) in [5, 5.41) is 16.3. The number of nitrogens with one attached hydrogen (secondary N) is 2. The van der Waals surface area contributed by atoms with E-state index in [-0.39, 0.29) is 0 Å². The lowest BCUT2D eigenvalue weighted by molar-refractivity contribution is 0.340. The first-order valence-corrected chi connectivity index (χ1v) is 10.8. The van der Waals surface area contributed by atoms with Crippen LogP contribution in [0.2, 0.25) is 0 Å². The number of aromatic nitrogens is 3. The molecule has 0 fully saturated rings. The topological polar surface area (TPSA) is 67.2 Å². The predicted octanol–water partition coefficient (Wildman–Crippen LogP) is 5.89. The number of ether oxygens (including phenoxy) is 1. The van der Waals surface area contributed by atoms with Gasteiger partial charge in [0.1, 0.15) is 5.75 Å². The number of hydrogen-bond acceptors (Lipinski definition) is 5. The van der Waals surface area contributed by atoms with E-state index in [1.54, 1.807) is 4.68 Å². The van der Waals surface area contributed by atoms with E-state index in [1.807, 2.05) is 61.7 Å². The molecule has 6 nitrogen and oxygen atoms in total. The summed E-state index contributed by atoms with van der Waals surface area (Å²) in [7, 11) is 0. The van der Waals surface area contributed by atoms with Gasteiger partial charge in [-0.3, -0.25) is 0 Å². The molecule has 0 saturated heterocycles. The summed E-state index contributed by atoms with van der Waals surface area (Å²) in [5.41, 5.74) is 4.97. The number of benzene rings is 4. The molecule has 32 heavy (non-hydrogen) atoms.